The standard InChI is InChI=1S/C22H27N3O2S/c1-13-4-3-5-14(2)19(13)23-18(26)12-28-21-25-24-20(27-21)22-9-15-6-16(10-22)8-17(7-15)11-22/h3-5,15-17H,6-12H2,1-2H3,(H,23,26). The van der Waals surface area contributed by atoms with Crippen molar-refractivity contribution in [2.24, 2.45) is 17.8 Å². The molecule has 1 amide bonds. The summed E-state index contributed by atoms with van der Waals surface area (Å²) in [5.41, 5.74) is 3.15. The van der Waals surface area contributed by atoms with Gasteiger partial charge in [0.1, 0.15) is 0 Å². The Kier molecular flexibility index (Phi) is 4.49. The number of aromatic nitrogens is 2. The van der Waals surface area contributed by atoms with Crippen molar-refractivity contribution >= 4 is 23.4 Å². The number of nitrogens with zero attached hydrogens (tertiary/aromatic N) is 2. The molecule has 148 valence electrons. The van der Waals surface area contributed by atoms with Crippen LogP contribution in [0.4, 0.5) is 5.69 Å². The van der Waals surface area contributed by atoms with Crippen LogP contribution in [0.15, 0.2) is 27.8 Å². The van der Waals surface area contributed by atoms with Crippen LogP contribution in [0.25, 0.3) is 0 Å². The third kappa shape index (κ3) is 3.25. The van der Waals surface area contributed by atoms with Gasteiger partial charge in [-0.05, 0) is 81.3 Å². The van der Waals surface area contributed by atoms with E-state index in [-0.39, 0.29) is 17.1 Å². The second-order valence-electron chi connectivity index (χ2n) is 9.17. The highest BCUT2D eigenvalue weighted by molar-refractivity contribution is 7.99. The fourth-order valence-electron chi connectivity index (χ4n) is 6.17. The van der Waals surface area contributed by atoms with Gasteiger partial charge < -0.3 is 9.73 Å². The molecule has 1 heterocycles. The number of aryl methyl sites for hydroxylation is 2. The molecule has 4 aliphatic rings. The molecule has 4 fully saturated rings. The van der Waals surface area contributed by atoms with Gasteiger partial charge in [-0.3, -0.25) is 4.79 Å². The lowest BCUT2D eigenvalue weighted by molar-refractivity contribution is -0.113. The topological polar surface area (TPSA) is 68.0 Å². The van der Waals surface area contributed by atoms with E-state index >= 15 is 0 Å². The Labute approximate surface area is 170 Å². The zero-order valence-electron chi connectivity index (χ0n) is 16.5. The summed E-state index contributed by atoms with van der Waals surface area (Å²) in [5.74, 6) is 3.59. The first-order chi connectivity index (χ1) is 13.5. The minimum absolute atomic E-state index is 0.0445. The predicted octanol–water partition coefficient (Wildman–Crippen LogP) is 4.89. The number of para-hydroxylation sites is 1. The van der Waals surface area contributed by atoms with Crippen LogP contribution < -0.4 is 5.32 Å². The molecule has 1 aromatic carbocycles. The average molecular weight is 398 g/mol. The minimum atomic E-state index is -0.0445. The molecule has 0 aliphatic heterocycles. The van der Waals surface area contributed by atoms with Crippen molar-refractivity contribution in [3.8, 4) is 0 Å². The van der Waals surface area contributed by atoms with Gasteiger partial charge in [-0.1, -0.05) is 30.0 Å². The molecule has 4 bridgehead atoms. The van der Waals surface area contributed by atoms with Crippen LogP contribution in [0.3, 0.4) is 0 Å². The molecule has 4 saturated carbocycles. The number of carbonyl (C=O) groups is 1. The fraction of sp³-hybridized carbons (Fsp3) is 0.591. The van der Waals surface area contributed by atoms with Gasteiger partial charge in [0.25, 0.3) is 5.22 Å². The van der Waals surface area contributed by atoms with E-state index in [2.05, 4.69) is 15.5 Å². The SMILES string of the molecule is Cc1cccc(C)c1NC(=O)CSc1nnc(C23CC4CC(CC(C4)C2)C3)o1. The third-order valence-corrected chi connectivity index (χ3v) is 7.79. The van der Waals surface area contributed by atoms with Gasteiger partial charge >= 0.3 is 0 Å². The van der Waals surface area contributed by atoms with Gasteiger partial charge in [-0.15, -0.1) is 10.2 Å². The Bertz CT molecular complexity index is 851. The molecule has 0 unspecified atom stereocenters. The molecule has 28 heavy (non-hydrogen) atoms. The van der Waals surface area contributed by atoms with Gasteiger partial charge in [-0.25, -0.2) is 0 Å². The van der Waals surface area contributed by atoms with E-state index in [4.69, 9.17) is 4.42 Å². The lowest BCUT2D eigenvalue weighted by Crippen LogP contribution is -2.48. The third-order valence-electron chi connectivity index (χ3n) is 6.97. The molecule has 5 nitrogen and oxygen atoms in total. The van der Waals surface area contributed by atoms with Crippen LogP contribution in [0.1, 0.15) is 55.5 Å². The molecule has 1 aromatic heterocycles. The Balaban J connectivity index is 1.23. The van der Waals surface area contributed by atoms with Crippen LogP contribution in [0.5, 0.6) is 0 Å². The molecule has 6 rings (SSSR count). The van der Waals surface area contributed by atoms with Crippen molar-refractivity contribution in [1.82, 2.24) is 10.2 Å². The number of benzene rings is 1. The molecule has 0 atom stereocenters. The quantitative estimate of drug-likeness (QED) is 0.728. The van der Waals surface area contributed by atoms with Crippen molar-refractivity contribution in [3.63, 3.8) is 0 Å². The zero-order valence-corrected chi connectivity index (χ0v) is 17.3. The van der Waals surface area contributed by atoms with E-state index in [0.29, 0.717) is 5.22 Å². The summed E-state index contributed by atoms with van der Waals surface area (Å²) in [5, 5.41) is 12.2. The van der Waals surface area contributed by atoms with Crippen LogP contribution >= 0.6 is 11.8 Å². The van der Waals surface area contributed by atoms with Crippen molar-refractivity contribution in [3.05, 3.63) is 35.2 Å². The highest BCUT2D eigenvalue weighted by Crippen LogP contribution is 2.60. The Morgan fingerprint density at radius 1 is 1.11 bits per heavy atom. The molecule has 2 aromatic rings. The van der Waals surface area contributed by atoms with Gasteiger partial charge in [0.15, 0.2) is 0 Å². The fourth-order valence-corrected chi connectivity index (χ4v) is 6.73. The Morgan fingerprint density at radius 3 is 2.32 bits per heavy atom. The van der Waals surface area contributed by atoms with E-state index in [0.717, 1.165) is 40.5 Å². The normalized spacial score (nSPS) is 30.6. The molecular weight excluding hydrogens is 370 g/mol. The van der Waals surface area contributed by atoms with Gasteiger partial charge in [0, 0.05) is 11.1 Å². The number of hydrogen-bond donors (Lipinski definition) is 1. The summed E-state index contributed by atoms with van der Waals surface area (Å²) >= 11 is 1.33. The molecule has 0 radical (unpaired) electrons. The van der Waals surface area contributed by atoms with Gasteiger partial charge in [0.05, 0.1) is 5.75 Å². The van der Waals surface area contributed by atoms with Crippen molar-refractivity contribution in [1.29, 1.82) is 0 Å². The summed E-state index contributed by atoms with van der Waals surface area (Å²) in [7, 11) is 0. The number of rotatable bonds is 5. The zero-order chi connectivity index (χ0) is 19.3. The first kappa shape index (κ1) is 18.2. The highest BCUT2D eigenvalue weighted by Gasteiger charge is 2.54. The first-order valence-electron chi connectivity index (χ1n) is 10.3. The average Bonchev–Trinajstić information content (AvgIpc) is 3.12. The van der Waals surface area contributed by atoms with E-state index in [1.165, 1.54) is 50.3 Å². The molecule has 0 saturated heterocycles. The van der Waals surface area contributed by atoms with Gasteiger partial charge in [-0.2, -0.15) is 0 Å². The largest absolute Gasteiger partial charge is 0.415 e. The number of thioether (sulfide) groups is 1. The monoisotopic (exact) mass is 397 g/mol. The van der Waals surface area contributed by atoms with Crippen LogP contribution in [-0.4, -0.2) is 21.9 Å². The molecule has 0 spiro atoms. The number of nitrogens with one attached hydrogen (secondary N) is 1. The second kappa shape index (κ2) is 6.90. The smallest absolute Gasteiger partial charge is 0.277 e. The van der Waals surface area contributed by atoms with E-state index in [1.807, 2.05) is 32.0 Å². The van der Waals surface area contributed by atoms with Crippen molar-refractivity contribution in [2.75, 3.05) is 11.1 Å². The Hall–Kier alpha value is -1.82. The van der Waals surface area contributed by atoms with Crippen molar-refractivity contribution in [2.45, 2.75) is 63.0 Å². The molecule has 4 aliphatic carbocycles. The second-order valence-corrected chi connectivity index (χ2v) is 10.1. The van der Waals surface area contributed by atoms with E-state index in [9.17, 15) is 4.79 Å². The summed E-state index contributed by atoms with van der Waals surface area (Å²) < 4.78 is 6.08. The van der Waals surface area contributed by atoms with Crippen LogP contribution in [-0.2, 0) is 10.2 Å². The maximum absolute atomic E-state index is 12.4. The van der Waals surface area contributed by atoms with Crippen LogP contribution in [0, 0.1) is 31.6 Å². The summed E-state index contributed by atoms with van der Waals surface area (Å²) in [6.07, 6.45) is 7.81. The molecule has 6 heteroatoms. The summed E-state index contributed by atoms with van der Waals surface area (Å²) in [6, 6.07) is 6.01. The lowest BCUT2D eigenvalue weighted by Gasteiger charge is -2.55. The van der Waals surface area contributed by atoms with E-state index in [1.54, 1.807) is 0 Å². The number of amides is 1. The minimum Gasteiger partial charge on any atom is -0.415 e. The predicted molar refractivity (Wildman–Crippen MR) is 109 cm³/mol. The van der Waals surface area contributed by atoms with E-state index < -0.39 is 0 Å². The maximum Gasteiger partial charge on any atom is 0.277 e. The number of carbonyl (C=O) groups excluding carboxylic acids is 1. The molecular formula is C22H27N3O2S. The van der Waals surface area contributed by atoms with Gasteiger partial charge in [0.2, 0.25) is 11.8 Å². The lowest BCUT2D eigenvalue weighted by atomic mass is 9.49. The van der Waals surface area contributed by atoms with Crippen LogP contribution in [0.2, 0.25) is 0 Å². The number of anilines is 1. The Morgan fingerprint density at radius 2 is 1.71 bits per heavy atom. The summed E-state index contributed by atoms with van der Waals surface area (Å²) in [4.78, 5) is 12.4. The maximum atomic E-state index is 12.4. The first-order valence-corrected chi connectivity index (χ1v) is 11.3. The number of hydrogen-bond acceptors (Lipinski definition) is 5. The summed E-state index contributed by atoms with van der Waals surface area (Å²) in [6.45, 7) is 4.01. The molecule has 1 N–H and O–H groups in total. The highest BCUT2D eigenvalue weighted by atomic mass is 32.2. The van der Waals surface area contributed by atoms with Crippen molar-refractivity contribution < 1.29 is 9.21 Å².